The smallest absolute Gasteiger partial charge is 0.308 e. The number of ether oxygens (including phenoxy) is 1. The van der Waals surface area contributed by atoms with Crippen LogP contribution in [-0.4, -0.2) is 74.6 Å². The highest BCUT2D eigenvalue weighted by molar-refractivity contribution is 6.23. The molecule has 2 fully saturated rings. The quantitative estimate of drug-likeness (QED) is 0.231. The van der Waals surface area contributed by atoms with Gasteiger partial charge in [0.1, 0.15) is 22.8 Å². The zero-order chi connectivity index (χ0) is 33.9. The molecule has 1 heterocycles. The molecule has 11 nitrogen and oxygen atoms in total. The van der Waals surface area contributed by atoms with Crippen LogP contribution in [0.15, 0.2) is 53.3 Å². The number of esters is 1. The van der Waals surface area contributed by atoms with Crippen LogP contribution in [0.3, 0.4) is 0 Å². The van der Waals surface area contributed by atoms with Gasteiger partial charge in [0.2, 0.25) is 5.78 Å². The fourth-order valence-electron chi connectivity index (χ4n) is 8.30. The molecule has 248 valence electrons. The third-order valence-corrected chi connectivity index (χ3v) is 10.6. The average Bonchev–Trinajstić information content (AvgIpc) is 3.03. The zero-order valence-corrected chi connectivity index (χ0v) is 26.7. The number of aliphatic hydroxyl groups excluding tert-OH is 2. The van der Waals surface area contributed by atoms with Crippen molar-refractivity contribution < 1.29 is 44.3 Å². The number of piperidine rings is 1. The minimum Gasteiger partial charge on any atom is -0.508 e. The number of primary amides is 1. The number of aromatic hydroxyl groups is 1. The summed E-state index contributed by atoms with van der Waals surface area (Å²) in [5.41, 5.74) is 5.17. The number of carbonyl (C=O) groups excluding carboxylic acids is 4. The maximum absolute atomic E-state index is 14.1. The number of rotatable bonds is 6. The average molecular weight is 645 g/mol. The maximum Gasteiger partial charge on any atom is 0.308 e. The maximum atomic E-state index is 14.1. The van der Waals surface area contributed by atoms with Gasteiger partial charge < -0.3 is 30.9 Å². The van der Waals surface area contributed by atoms with Gasteiger partial charge in [0.25, 0.3) is 5.91 Å². The first kappa shape index (κ1) is 32.5. The van der Waals surface area contributed by atoms with Crippen LogP contribution in [0.5, 0.6) is 5.75 Å². The number of aliphatic hydroxyl groups is 3. The van der Waals surface area contributed by atoms with Crippen molar-refractivity contribution in [3.8, 4) is 16.9 Å². The predicted molar refractivity (Wildman–Crippen MR) is 171 cm³/mol. The molecule has 1 amide bonds. The molecular weight excluding hydrogens is 604 g/mol. The number of benzene rings is 2. The van der Waals surface area contributed by atoms with Crippen LogP contribution in [-0.2, 0) is 36.9 Å². The van der Waals surface area contributed by atoms with Gasteiger partial charge in [-0.1, -0.05) is 44.2 Å². The molecule has 1 saturated heterocycles. The summed E-state index contributed by atoms with van der Waals surface area (Å²) in [5.74, 6) is -8.13. The summed E-state index contributed by atoms with van der Waals surface area (Å²) in [6.45, 7) is 5.77. The first-order valence-electron chi connectivity index (χ1n) is 16.0. The Morgan fingerprint density at radius 3 is 2.30 bits per heavy atom. The van der Waals surface area contributed by atoms with Crippen molar-refractivity contribution in [1.29, 1.82) is 0 Å². The van der Waals surface area contributed by atoms with Gasteiger partial charge in [-0.25, -0.2) is 0 Å². The van der Waals surface area contributed by atoms with Crippen molar-refractivity contribution in [3.63, 3.8) is 0 Å². The normalized spacial score (nSPS) is 26.6. The Hall–Kier alpha value is -4.48. The minimum absolute atomic E-state index is 0.0620. The number of carbonyl (C=O) groups is 4. The number of likely N-dealkylation sites (tertiary alicyclic amines) is 1. The summed E-state index contributed by atoms with van der Waals surface area (Å²) in [6.07, 6.45) is 1.78. The molecule has 1 aliphatic heterocycles. The van der Waals surface area contributed by atoms with Gasteiger partial charge in [-0.3, -0.25) is 24.1 Å². The topological polar surface area (TPSA) is 188 Å². The Kier molecular flexibility index (Phi) is 8.26. The molecule has 47 heavy (non-hydrogen) atoms. The zero-order valence-electron chi connectivity index (χ0n) is 26.7. The van der Waals surface area contributed by atoms with Gasteiger partial charge >= 0.3 is 5.97 Å². The summed E-state index contributed by atoms with van der Waals surface area (Å²) >= 11 is 0. The van der Waals surface area contributed by atoms with Gasteiger partial charge in [-0.15, -0.1) is 0 Å². The SMILES string of the molecule is COC(=O)C1CCN(Cc2ccc(-c3ccc(O)c4c3C[C@H]3C[C@H]5[C@H](C(C)C)C(=O)C(C(N)=O)=C(O)[C@@]5(O)C(=O)C3=C4O)cc2)CC1. The lowest BCUT2D eigenvalue weighted by Crippen LogP contribution is -2.62. The molecule has 1 saturated carbocycles. The van der Waals surface area contributed by atoms with Gasteiger partial charge in [-0.2, -0.15) is 0 Å². The van der Waals surface area contributed by atoms with E-state index in [0.717, 1.165) is 49.2 Å². The minimum atomic E-state index is -2.64. The Labute approximate surface area is 272 Å². The highest BCUT2D eigenvalue weighted by atomic mass is 16.5. The predicted octanol–water partition coefficient (Wildman–Crippen LogP) is 3.36. The number of phenols is 1. The van der Waals surface area contributed by atoms with E-state index >= 15 is 0 Å². The molecule has 6 rings (SSSR count). The molecule has 6 N–H and O–H groups in total. The number of fused-ring (bicyclic) bond motifs is 3. The number of nitrogens with two attached hydrogens (primary N) is 1. The monoisotopic (exact) mass is 644 g/mol. The van der Waals surface area contributed by atoms with Crippen molar-refractivity contribution in [1.82, 2.24) is 4.90 Å². The number of ketones is 2. The highest BCUT2D eigenvalue weighted by Crippen LogP contribution is 2.55. The lowest BCUT2D eigenvalue weighted by atomic mass is 9.54. The Morgan fingerprint density at radius 2 is 1.70 bits per heavy atom. The van der Waals surface area contributed by atoms with Crippen LogP contribution in [0.4, 0.5) is 0 Å². The number of methoxy groups -OCH3 is 1. The van der Waals surface area contributed by atoms with Crippen molar-refractivity contribution in [2.75, 3.05) is 20.2 Å². The van der Waals surface area contributed by atoms with Crippen LogP contribution in [0, 0.1) is 29.6 Å². The van der Waals surface area contributed by atoms with Crippen molar-refractivity contribution >= 4 is 29.2 Å². The number of hydrogen-bond donors (Lipinski definition) is 5. The van der Waals surface area contributed by atoms with Crippen LogP contribution in [0.1, 0.15) is 49.8 Å². The van der Waals surface area contributed by atoms with Crippen LogP contribution >= 0.6 is 0 Å². The number of nitrogens with zero attached hydrogens (tertiary/aromatic N) is 1. The number of phenolic OH excluding ortho intramolecular Hbond substituents is 1. The second-order valence-corrected chi connectivity index (χ2v) is 13.6. The molecule has 0 radical (unpaired) electrons. The highest BCUT2D eigenvalue weighted by Gasteiger charge is 2.64. The number of hydrogen-bond acceptors (Lipinski definition) is 10. The van der Waals surface area contributed by atoms with E-state index in [1.807, 2.05) is 24.3 Å². The Balaban J connectivity index is 1.34. The Morgan fingerprint density at radius 1 is 1.04 bits per heavy atom. The fraction of sp³-hybridized carbons (Fsp3) is 0.444. The Bertz CT molecular complexity index is 1730. The van der Waals surface area contributed by atoms with Crippen molar-refractivity contribution in [2.24, 2.45) is 35.3 Å². The fourth-order valence-corrected chi connectivity index (χ4v) is 8.30. The summed E-state index contributed by atoms with van der Waals surface area (Å²) in [7, 11) is 1.42. The molecule has 2 aromatic rings. The number of Topliss-reactive ketones (excluding diaryl/α,β-unsaturated/α-hetero) is 2. The lowest BCUT2D eigenvalue weighted by Gasteiger charge is -2.50. The molecular formula is C36H40N2O9. The van der Waals surface area contributed by atoms with E-state index < -0.39 is 63.8 Å². The van der Waals surface area contributed by atoms with Crippen LogP contribution in [0.25, 0.3) is 16.9 Å². The van der Waals surface area contributed by atoms with E-state index in [2.05, 4.69) is 4.90 Å². The first-order valence-corrected chi connectivity index (χ1v) is 16.0. The van der Waals surface area contributed by atoms with Crippen molar-refractivity contribution in [2.45, 2.75) is 51.7 Å². The summed E-state index contributed by atoms with van der Waals surface area (Å²) in [4.78, 5) is 53.8. The van der Waals surface area contributed by atoms with Crippen molar-refractivity contribution in [3.05, 3.63) is 70.0 Å². The van der Waals surface area contributed by atoms with Gasteiger partial charge in [0.15, 0.2) is 11.4 Å². The van der Waals surface area contributed by atoms with E-state index in [9.17, 15) is 39.6 Å². The lowest BCUT2D eigenvalue weighted by molar-refractivity contribution is -0.155. The van der Waals surface area contributed by atoms with E-state index in [1.54, 1.807) is 19.9 Å². The van der Waals surface area contributed by atoms with Gasteiger partial charge in [0.05, 0.1) is 18.6 Å². The largest absolute Gasteiger partial charge is 0.508 e. The van der Waals surface area contributed by atoms with Crippen LogP contribution in [0.2, 0.25) is 0 Å². The van der Waals surface area contributed by atoms with E-state index in [1.165, 1.54) is 13.2 Å². The van der Waals surface area contributed by atoms with Crippen LogP contribution < -0.4 is 5.73 Å². The van der Waals surface area contributed by atoms with Gasteiger partial charge in [0, 0.05) is 24.0 Å². The molecule has 0 aromatic heterocycles. The van der Waals surface area contributed by atoms with E-state index in [4.69, 9.17) is 10.5 Å². The summed E-state index contributed by atoms with van der Waals surface area (Å²) in [5, 5.41) is 45.3. The van der Waals surface area contributed by atoms with E-state index in [0.29, 0.717) is 5.56 Å². The molecule has 4 aliphatic rings. The summed E-state index contributed by atoms with van der Waals surface area (Å²) < 4.78 is 4.89. The molecule has 3 aliphatic carbocycles. The molecule has 0 unspecified atom stereocenters. The second kappa shape index (κ2) is 12.0. The third-order valence-electron chi connectivity index (χ3n) is 10.6. The van der Waals surface area contributed by atoms with E-state index in [-0.39, 0.29) is 41.6 Å². The molecule has 0 bridgehead atoms. The summed E-state index contributed by atoms with van der Waals surface area (Å²) in [6, 6.07) is 11.2. The third kappa shape index (κ3) is 5.12. The first-order chi connectivity index (χ1) is 22.3. The second-order valence-electron chi connectivity index (χ2n) is 13.6. The molecule has 4 atom stereocenters. The standard InChI is InChI=1S/C36H40N2O9/c1-17(2)26-24-15-21-14-23-22(19-6-4-18(5-7-19)16-38-12-10-20(11-13-38)35(45)47-3)8-9-25(39)28(23)31(41)27(21)32(42)36(24,46)33(43)29(30(26)40)34(37)44/h4-9,17,20-21,24,26,39,41,43,46H,10-16H2,1-3H3,(H2,37,44)/t21-,24-,26-,36-/m0/s1. The number of amides is 1. The molecule has 11 heteroatoms. The molecule has 0 spiro atoms. The van der Waals surface area contributed by atoms with Gasteiger partial charge in [-0.05, 0) is 78.9 Å². The molecule has 2 aromatic carbocycles.